The molecule has 1 aromatic carbocycles. The van der Waals surface area contributed by atoms with Gasteiger partial charge in [0.05, 0.1) is 5.56 Å². The van der Waals surface area contributed by atoms with Crippen LogP contribution in [0.4, 0.5) is 0 Å². The number of fused-ring (bicyclic) bond motifs is 1. The van der Waals surface area contributed by atoms with Gasteiger partial charge < -0.3 is 14.5 Å². The van der Waals surface area contributed by atoms with Gasteiger partial charge in [-0.05, 0) is 36.7 Å². The van der Waals surface area contributed by atoms with Gasteiger partial charge in [0.1, 0.15) is 5.75 Å². The van der Waals surface area contributed by atoms with Gasteiger partial charge in [-0.2, -0.15) is 0 Å². The van der Waals surface area contributed by atoms with Crippen LogP contribution in [0.15, 0.2) is 24.3 Å². The number of hydroxylamine groups is 1. The maximum Gasteiger partial charge on any atom is 0.267 e. The zero-order valence-electron chi connectivity index (χ0n) is 16.6. The number of rotatable bonds is 6. The predicted molar refractivity (Wildman–Crippen MR) is 106 cm³/mol. The van der Waals surface area contributed by atoms with Gasteiger partial charge in [0.15, 0.2) is 5.72 Å². The first-order chi connectivity index (χ1) is 13.5. The molecule has 2 aliphatic rings. The number of unbranched alkanes of at least 4 members (excludes halogenated alkanes) is 1. The van der Waals surface area contributed by atoms with E-state index >= 15 is 0 Å². The quantitative estimate of drug-likeness (QED) is 0.446. The summed E-state index contributed by atoms with van der Waals surface area (Å²) in [5, 5.41) is 8.61. The van der Waals surface area contributed by atoms with Gasteiger partial charge >= 0.3 is 0 Å². The summed E-state index contributed by atoms with van der Waals surface area (Å²) in [5.41, 5.74) is 2.20. The van der Waals surface area contributed by atoms with Crippen molar-refractivity contribution in [1.29, 1.82) is 0 Å². The third-order valence-corrected chi connectivity index (χ3v) is 5.63. The van der Waals surface area contributed by atoms with Crippen molar-refractivity contribution >= 4 is 17.9 Å². The largest absolute Gasteiger partial charge is 0.467 e. The van der Waals surface area contributed by atoms with Crippen LogP contribution in [-0.4, -0.2) is 58.7 Å². The fourth-order valence-corrected chi connectivity index (χ4v) is 3.92. The van der Waals surface area contributed by atoms with E-state index in [2.05, 4.69) is 18.7 Å². The van der Waals surface area contributed by atoms with Crippen molar-refractivity contribution < 1.29 is 19.5 Å². The Morgan fingerprint density at radius 3 is 2.71 bits per heavy atom. The Bertz CT molecular complexity index is 754. The second-order valence-corrected chi connectivity index (χ2v) is 7.36. The van der Waals surface area contributed by atoms with Crippen LogP contribution in [0.25, 0.3) is 6.08 Å². The van der Waals surface area contributed by atoms with Crippen LogP contribution in [0.2, 0.25) is 0 Å². The number of piperidine rings is 1. The molecule has 0 radical (unpaired) electrons. The van der Waals surface area contributed by atoms with Gasteiger partial charge in [0.2, 0.25) is 0 Å². The molecule has 2 amide bonds. The second-order valence-electron chi connectivity index (χ2n) is 7.36. The molecular formula is C21H29N3O4. The minimum atomic E-state index is -0.619. The molecular weight excluding hydrogens is 358 g/mol. The fourth-order valence-electron chi connectivity index (χ4n) is 3.92. The highest BCUT2D eigenvalue weighted by Crippen LogP contribution is 2.40. The highest BCUT2D eigenvalue weighted by atomic mass is 16.5. The van der Waals surface area contributed by atoms with Crippen molar-refractivity contribution in [3.63, 3.8) is 0 Å². The number of nitrogens with zero attached hydrogens (tertiary/aromatic N) is 2. The van der Waals surface area contributed by atoms with Crippen molar-refractivity contribution in [1.82, 2.24) is 15.3 Å². The number of amides is 2. The van der Waals surface area contributed by atoms with E-state index in [0.29, 0.717) is 23.4 Å². The van der Waals surface area contributed by atoms with Crippen molar-refractivity contribution in [2.24, 2.45) is 0 Å². The van der Waals surface area contributed by atoms with Crippen LogP contribution in [0.5, 0.6) is 5.75 Å². The third kappa shape index (κ3) is 4.05. The first-order valence-electron chi connectivity index (χ1n) is 10.0. The summed E-state index contributed by atoms with van der Waals surface area (Å²) in [6, 6.07) is 5.35. The average molecular weight is 387 g/mol. The summed E-state index contributed by atoms with van der Waals surface area (Å²) < 4.78 is 6.47. The minimum Gasteiger partial charge on any atom is -0.467 e. The summed E-state index contributed by atoms with van der Waals surface area (Å²) in [5.74, 6) is -0.0283. The standard InChI is InChI=1S/C21H29N3O4/c1-3-5-12-24-20(26)17-15-16(7-9-19(25)22-27)6-8-18(17)28-21(24)10-13-23(4-2)14-11-21/h6-9,15,27H,3-5,10-14H2,1-2H3,(H,22,25)/b9-7+. The van der Waals surface area contributed by atoms with Crippen molar-refractivity contribution in [3.8, 4) is 5.75 Å². The maximum absolute atomic E-state index is 13.4. The number of hydrogen-bond donors (Lipinski definition) is 2. The Labute approximate surface area is 165 Å². The molecule has 0 aromatic heterocycles. The van der Waals surface area contributed by atoms with Gasteiger partial charge in [-0.25, -0.2) is 5.48 Å². The summed E-state index contributed by atoms with van der Waals surface area (Å²) in [7, 11) is 0. The average Bonchev–Trinajstić information content (AvgIpc) is 2.72. The molecule has 2 N–H and O–H groups in total. The van der Waals surface area contributed by atoms with Crippen LogP contribution < -0.4 is 10.2 Å². The lowest BCUT2D eigenvalue weighted by molar-refractivity contribution is -0.124. The molecule has 0 bridgehead atoms. The topological polar surface area (TPSA) is 82.1 Å². The van der Waals surface area contributed by atoms with E-state index in [1.54, 1.807) is 23.7 Å². The summed E-state index contributed by atoms with van der Waals surface area (Å²) in [4.78, 5) is 28.9. The van der Waals surface area contributed by atoms with Gasteiger partial charge in [-0.3, -0.25) is 14.8 Å². The molecule has 1 aromatic rings. The van der Waals surface area contributed by atoms with E-state index in [0.717, 1.165) is 45.3 Å². The van der Waals surface area contributed by atoms with Gasteiger partial charge in [0.25, 0.3) is 11.8 Å². The molecule has 0 saturated carbocycles. The van der Waals surface area contributed by atoms with Gasteiger partial charge in [-0.15, -0.1) is 0 Å². The molecule has 3 rings (SSSR count). The zero-order chi connectivity index (χ0) is 20.1. The zero-order valence-corrected chi connectivity index (χ0v) is 16.6. The molecule has 0 atom stereocenters. The van der Waals surface area contributed by atoms with E-state index in [4.69, 9.17) is 9.94 Å². The molecule has 2 aliphatic heterocycles. The minimum absolute atomic E-state index is 0.0125. The smallest absolute Gasteiger partial charge is 0.267 e. The van der Waals surface area contributed by atoms with Crippen LogP contribution in [0.1, 0.15) is 55.5 Å². The lowest BCUT2D eigenvalue weighted by Crippen LogP contribution is -2.63. The first kappa shape index (κ1) is 20.4. The maximum atomic E-state index is 13.4. The molecule has 152 valence electrons. The molecule has 7 heteroatoms. The Morgan fingerprint density at radius 1 is 1.32 bits per heavy atom. The van der Waals surface area contributed by atoms with Crippen molar-refractivity contribution in [2.75, 3.05) is 26.2 Å². The van der Waals surface area contributed by atoms with Crippen molar-refractivity contribution in [3.05, 3.63) is 35.4 Å². The molecule has 28 heavy (non-hydrogen) atoms. The Morgan fingerprint density at radius 2 is 2.07 bits per heavy atom. The van der Waals surface area contributed by atoms with E-state index in [1.807, 2.05) is 11.0 Å². The summed E-state index contributed by atoms with van der Waals surface area (Å²) >= 11 is 0. The van der Waals surface area contributed by atoms with Crippen LogP contribution in [-0.2, 0) is 4.79 Å². The SMILES string of the molecule is CCCCN1C(=O)c2cc(/C=C/C(=O)NO)ccc2OC12CCN(CC)CC2. The Balaban J connectivity index is 1.91. The number of nitrogens with one attached hydrogen (secondary N) is 1. The highest BCUT2D eigenvalue weighted by Gasteiger charge is 2.48. The van der Waals surface area contributed by atoms with Gasteiger partial charge in [0, 0.05) is 38.6 Å². The Kier molecular flexibility index (Phi) is 6.36. The molecule has 1 saturated heterocycles. The highest BCUT2D eigenvalue weighted by molar-refractivity contribution is 5.99. The van der Waals surface area contributed by atoms with Crippen LogP contribution >= 0.6 is 0 Å². The summed E-state index contributed by atoms with van der Waals surface area (Å²) in [6.07, 6.45) is 6.31. The number of ether oxygens (including phenoxy) is 1. The lowest BCUT2D eigenvalue weighted by atomic mass is 9.93. The molecule has 1 fully saturated rings. The number of carbonyl (C=O) groups is 2. The second kappa shape index (κ2) is 8.75. The third-order valence-electron chi connectivity index (χ3n) is 5.63. The van der Waals surface area contributed by atoms with Crippen molar-refractivity contribution in [2.45, 2.75) is 45.3 Å². The summed E-state index contributed by atoms with van der Waals surface area (Å²) in [6.45, 7) is 7.78. The van der Waals surface area contributed by atoms with Crippen LogP contribution in [0, 0.1) is 0 Å². The molecule has 2 heterocycles. The number of likely N-dealkylation sites (tertiary alicyclic amines) is 1. The van der Waals surface area contributed by atoms with E-state index in [-0.39, 0.29) is 5.91 Å². The molecule has 0 unspecified atom stereocenters. The predicted octanol–water partition coefficient (Wildman–Crippen LogP) is 2.65. The van der Waals surface area contributed by atoms with Crippen LogP contribution in [0.3, 0.4) is 0 Å². The fraction of sp³-hybridized carbons (Fsp3) is 0.524. The molecule has 7 nitrogen and oxygen atoms in total. The van der Waals surface area contributed by atoms with Gasteiger partial charge in [-0.1, -0.05) is 26.3 Å². The molecule has 0 aliphatic carbocycles. The number of benzene rings is 1. The number of carbonyl (C=O) groups excluding carboxylic acids is 2. The monoisotopic (exact) mass is 387 g/mol. The lowest BCUT2D eigenvalue weighted by Gasteiger charge is -2.51. The normalized spacial score (nSPS) is 19.0. The van der Waals surface area contributed by atoms with E-state index < -0.39 is 11.6 Å². The molecule has 1 spiro atoms. The van der Waals surface area contributed by atoms with E-state index in [9.17, 15) is 9.59 Å². The van der Waals surface area contributed by atoms with E-state index in [1.165, 1.54) is 6.08 Å². The Hall–Kier alpha value is -2.38. The first-order valence-corrected chi connectivity index (χ1v) is 10.0. The number of hydrogen-bond acceptors (Lipinski definition) is 5.